The topological polar surface area (TPSA) is 216 Å². The molecule has 18 heteroatoms. The van der Waals surface area contributed by atoms with Gasteiger partial charge in [0.15, 0.2) is 0 Å². The Bertz CT molecular complexity index is 1330. The molecule has 0 atom stereocenters. The molecule has 1 aromatic rings. The van der Waals surface area contributed by atoms with E-state index in [4.69, 9.17) is 12.2 Å². The quantitative estimate of drug-likeness (QED) is 0.0201. The Morgan fingerprint density at radius 2 is 1.11 bits per heavy atom. The van der Waals surface area contributed by atoms with Gasteiger partial charge in [0.05, 0.1) is 15.8 Å². The molecule has 0 aliphatic heterocycles. The molecule has 16 nitrogen and oxygen atoms in total. The highest BCUT2D eigenvalue weighted by molar-refractivity contribution is 7.80. The van der Waals surface area contributed by atoms with Gasteiger partial charge in [-0.05, 0) is 94.4 Å². The molecule has 0 fully saturated rings. The number of hydrogen-bond donors (Lipinski definition) is 7. The Hall–Kier alpha value is -3.90. The van der Waals surface area contributed by atoms with Crippen molar-refractivity contribution in [2.75, 3.05) is 51.1 Å². The number of rotatable bonds is 29. The summed E-state index contributed by atoms with van der Waals surface area (Å²) in [6.45, 7) is 4.08. The Morgan fingerprint density at radius 3 is 1.58 bits per heavy atom. The fourth-order valence-electron chi connectivity index (χ4n) is 4.78. The molecule has 0 aliphatic rings. The Balaban J connectivity index is 1.99. The molecule has 53 heavy (non-hydrogen) atoms. The van der Waals surface area contributed by atoms with Crippen molar-refractivity contribution in [2.45, 2.75) is 96.8 Å². The largest absolute Gasteiger partial charge is 0.356 e. The number of thiocarbonyl (C=S) groups is 2. The van der Waals surface area contributed by atoms with Crippen LogP contribution in [0.4, 0.5) is 11.4 Å². The van der Waals surface area contributed by atoms with Crippen LogP contribution in [0.3, 0.4) is 0 Å². The summed E-state index contributed by atoms with van der Waals surface area (Å²) in [4.78, 5) is 63.9. The van der Waals surface area contributed by atoms with Crippen LogP contribution in [0.2, 0.25) is 0 Å². The van der Waals surface area contributed by atoms with E-state index in [0.717, 1.165) is 42.3 Å². The van der Waals surface area contributed by atoms with E-state index in [0.29, 0.717) is 79.6 Å². The van der Waals surface area contributed by atoms with Gasteiger partial charge in [-0.25, -0.2) is 15.2 Å². The highest BCUT2D eigenvalue weighted by atomic mass is 32.1. The van der Waals surface area contributed by atoms with E-state index < -0.39 is 17.7 Å². The standard InChI is InChI=1S/C35H56N8O8S2/c1-28(44)41(49)24-8-3-6-21-37-31(45)16-18-35(48)43(51)26-10-4-7-22-38-32(46)15-17-34(47)42(50)25-9-2-5-20-36-23-19-33(53)40-30-13-11-29(12-14-30)39-27-52/h11-14,36,49-51H,2-10,15-26H2,1H3,(H,37,45)(H,38,46)(H,40,53). The molecule has 7 N–H and O–H groups in total. The first kappa shape index (κ1) is 47.1. The van der Waals surface area contributed by atoms with Gasteiger partial charge < -0.3 is 21.3 Å². The van der Waals surface area contributed by atoms with Crippen LogP contribution in [-0.2, 0) is 24.0 Å². The van der Waals surface area contributed by atoms with Gasteiger partial charge in [0.1, 0.15) is 0 Å². The Labute approximate surface area is 322 Å². The van der Waals surface area contributed by atoms with Crippen LogP contribution in [0, 0.1) is 0 Å². The molecule has 0 unspecified atom stereocenters. The van der Waals surface area contributed by atoms with Crippen molar-refractivity contribution in [3.63, 3.8) is 0 Å². The molecule has 1 rings (SSSR count). The number of hydrogen-bond acceptors (Lipinski definition) is 12. The first-order chi connectivity index (χ1) is 25.4. The number of isothiocyanates is 1. The number of nitrogens with zero attached hydrogens (tertiary/aromatic N) is 4. The number of amides is 5. The van der Waals surface area contributed by atoms with Crippen molar-refractivity contribution in [1.82, 2.24) is 31.1 Å². The minimum atomic E-state index is -0.556. The van der Waals surface area contributed by atoms with Crippen LogP contribution in [-0.4, -0.2) is 116 Å². The molecule has 0 radical (unpaired) electrons. The third kappa shape index (κ3) is 24.9. The predicted octanol–water partition coefficient (Wildman–Crippen LogP) is 4.12. The van der Waals surface area contributed by atoms with E-state index >= 15 is 0 Å². The van der Waals surface area contributed by atoms with Crippen molar-refractivity contribution < 1.29 is 39.6 Å². The van der Waals surface area contributed by atoms with Crippen LogP contribution in [0.1, 0.15) is 96.8 Å². The second-order valence-corrected chi connectivity index (χ2v) is 13.0. The Kier molecular flexibility index (Phi) is 26.3. The third-order valence-corrected chi connectivity index (χ3v) is 8.28. The second-order valence-electron chi connectivity index (χ2n) is 12.4. The van der Waals surface area contributed by atoms with Crippen molar-refractivity contribution in [2.24, 2.45) is 4.99 Å². The number of aliphatic imine (C=N–C) groups is 1. The van der Waals surface area contributed by atoms with Crippen LogP contribution >= 0.6 is 24.4 Å². The second kappa shape index (κ2) is 29.5. The SMILES string of the molecule is CC(=O)N(O)CCCCCNC(=O)CCC(=O)N(O)CCCCCNC(=O)CCC(=O)N(O)CCCCCNCCC(=S)Nc1ccc(N=C=S)cc1. The maximum absolute atomic E-state index is 12.2. The first-order valence-corrected chi connectivity index (χ1v) is 18.9. The van der Waals surface area contributed by atoms with Gasteiger partial charge in [0.2, 0.25) is 29.5 Å². The van der Waals surface area contributed by atoms with Gasteiger partial charge in [-0.2, -0.15) is 4.99 Å². The van der Waals surface area contributed by atoms with Gasteiger partial charge >= 0.3 is 0 Å². The van der Waals surface area contributed by atoms with Crippen molar-refractivity contribution in [3.05, 3.63) is 24.3 Å². The minimum absolute atomic E-state index is 0.0414. The smallest absolute Gasteiger partial charge is 0.246 e. The lowest BCUT2D eigenvalue weighted by Crippen LogP contribution is -2.31. The lowest BCUT2D eigenvalue weighted by molar-refractivity contribution is -0.166. The third-order valence-electron chi connectivity index (χ3n) is 7.89. The fraction of sp³-hybridized carbons (Fsp3) is 0.629. The van der Waals surface area contributed by atoms with Gasteiger partial charge in [-0.15, -0.1) is 0 Å². The van der Waals surface area contributed by atoms with E-state index in [1.165, 1.54) is 6.92 Å². The summed E-state index contributed by atoms with van der Waals surface area (Å²) in [6, 6.07) is 7.39. The maximum Gasteiger partial charge on any atom is 0.246 e. The molecule has 0 aromatic heterocycles. The number of unbranched alkanes of at least 4 members (excludes halogenated alkanes) is 6. The molecule has 0 saturated heterocycles. The van der Waals surface area contributed by atoms with Gasteiger partial charge in [0, 0.05) is 84.0 Å². The van der Waals surface area contributed by atoms with E-state index in [9.17, 15) is 39.6 Å². The lowest BCUT2D eigenvalue weighted by Gasteiger charge is -2.15. The minimum Gasteiger partial charge on any atom is -0.356 e. The van der Waals surface area contributed by atoms with Crippen LogP contribution in [0.15, 0.2) is 29.3 Å². The van der Waals surface area contributed by atoms with E-state index in [1.807, 2.05) is 24.3 Å². The summed E-state index contributed by atoms with van der Waals surface area (Å²) in [5.41, 5.74) is 1.60. The highest BCUT2D eigenvalue weighted by Crippen LogP contribution is 2.16. The molecule has 0 heterocycles. The van der Waals surface area contributed by atoms with Gasteiger partial charge in [-0.3, -0.25) is 39.6 Å². The average Bonchev–Trinajstić information content (AvgIpc) is 3.13. The summed E-state index contributed by atoms with van der Waals surface area (Å²) >= 11 is 9.98. The van der Waals surface area contributed by atoms with Crippen molar-refractivity contribution in [1.29, 1.82) is 0 Å². The molecule has 0 bridgehead atoms. The predicted molar refractivity (Wildman–Crippen MR) is 207 cm³/mol. The maximum atomic E-state index is 12.2. The number of carbonyl (C=O) groups is 5. The molecule has 296 valence electrons. The van der Waals surface area contributed by atoms with Gasteiger partial charge in [0.25, 0.3) is 0 Å². The fourth-order valence-corrected chi connectivity index (χ4v) is 5.10. The summed E-state index contributed by atoms with van der Waals surface area (Å²) in [5, 5.41) is 45.4. The van der Waals surface area contributed by atoms with E-state index in [1.54, 1.807) is 0 Å². The number of anilines is 1. The summed E-state index contributed by atoms with van der Waals surface area (Å²) in [6.07, 6.45) is 6.40. The molecule has 0 aliphatic carbocycles. The first-order valence-electron chi connectivity index (χ1n) is 18.1. The molecular formula is C35H56N8O8S2. The summed E-state index contributed by atoms with van der Waals surface area (Å²) in [5.74, 6) is -2.09. The highest BCUT2D eigenvalue weighted by Gasteiger charge is 2.14. The summed E-state index contributed by atoms with van der Waals surface area (Å²) < 4.78 is 0. The number of hydroxylamine groups is 6. The summed E-state index contributed by atoms with van der Waals surface area (Å²) in [7, 11) is 0. The lowest BCUT2D eigenvalue weighted by atomic mass is 10.2. The zero-order valence-electron chi connectivity index (χ0n) is 30.6. The van der Waals surface area contributed by atoms with Crippen LogP contribution in [0.25, 0.3) is 0 Å². The molecule has 1 aromatic carbocycles. The zero-order chi connectivity index (χ0) is 39.3. The molecule has 5 amide bonds. The number of carbonyl (C=O) groups excluding carboxylic acids is 5. The number of nitrogens with one attached hydrogen (secondary N) is 4. The zero-order valence-corrected chi connectivity index (χ0v) is 32.3. The van der Waals surface area contributed by atoms with Crippen LogP contribution in [0.5, 0.6) is 0 Å². The van der Waals surface area contributed by atoms with E-state index in [-0.39, 0.29) is 57.1 Å². The molecule has 0 spiro atoms. The normalized spacial score (nSPS) is 10.5. The van der Waals surface area contributed by atoms with Crippen molar-refractivity contribution >= 4 is 75.5 Å². The Morgan fingerprint density at radius 1 is 0.642 bits per heavy atom. The molecule has 0 saturated carbocycles. The number of benzene rings is 1. The van der Waals surface area contributed by atoms with Crippen LogP contribution < -0.4 is 21.3 Å². The molecular weight excluding hydrogens is 725 g/mol. The monoisotopic (exact) mass is 780 g/mol. The van der Waals surface area contributed by atoms with Crippen molar-refractivity contribution in [3.8, 4) is 0 Å². The average molecular weight is 781 g/mol. The van der Waals surface area contributed by atoms with Gasteiger partial charge in [-0.1, -0.05) is 18.6 Å². The van der Waals surface area contributed by atoms with E-state index in [2.05, 4.69) is 43.6 Å².